The van der Waals surface area contributed by atoms with Crippen LogP contribution in [0.2, 0.25) is 0 Å². The topological polar surface area (TPSA) is 57.9 Å². The van der Waals surface area contributed by atoms with Crippen LogP contribution < -0.4 is 10.1 Å². The Kier molecular flexibility index (Phi) is 4.47. The summed E-state index contributed by atoms with van der Waals surface area (Å²) >= 11 is 1.41. The van der Waals surface area contributed by atoms with Crippen molar-refractivity contribution < 1.29 is 9.13 Å². The smallest absolute Gasteiger partial charge is 0.274 e. The summed E-state index contributed by atoms with van der Waals surface area (Å²) in [5.74, 6) is -0.433. The summed E-state index contributed by atoms with van der Waals surface area (Å²) in [7, 11) is 0. The lowest BCUT2D eigenvalue weighted by molar-refractivity contribution is 0.298. The zero-order chi connectivity index (χ0) is 15.4. The summed E-state index contributed by atoms with van der Waals surface area (Å²) in [5, 5.41) is 14.5. The van der Waals surface area contributed by atoms with Gasteiger partial charge < -0.3 is 10.1 Å². The number of nitriles is 1. The first-order chi connectivity index (χ1) is 10.8. The molecule has 0 amide bonds. The Bertz CT molecular complexity index is 748. The molecule has 0 unspecified atom stereocenters. The molecule has 3 rings (SSSR count). The van der Waals surface area contributed by atoms with Crippen LogP contribution in [-0.2, 0) is 6.61 Å². The highest BCUT2D eigenvalue weighted by Gasteiger charge is 2.11. The third-order valence-corrected chi connectivity index (χ3v) is 4.16. The molecule has 22 heavy (non-hydrogen) atoms. The number of halogens is 1. The number of hydrogen-bond acceptors (Lipinski definition) is 5. The Hall–Kier alpha value is -2.23. The van der Waals surface area contributed by atoms with Gasteiger partial charge in [0, 0.05) is 17.5 Å². The van der Waals surface area contributed by atoms with Gasteiger partial charge in [-0.15, -0.1) is 0 Å². The minimum Gasteiger partial charge on any atom is -0.465 e. The minimum atomic E-state index is -0.433. The van der Waals surface area contributed by atoms with Gasteiger partial charge in [0.25, 0.3) is 5.19 Å². The summed E-state index contributed by atoms with van der Waals surface area (Å²) in [5.41, 5.74) is 2.86. The monoisotopic (exact) mass is 315 g/mol. The average molecular weight is 315 g/mol. The highest BCUT2D eigenvalue weighted by molar-refractivity contribution is 7.11. The van der Waals surface area contributed by atoms with Crippen molar-refractivity contribution in [3.63, 3.8) is 0 Å². The fourth-order valence-corrected chi connectivity index (χ4v) is 2.89. The molecular formula is C16H14FN3OS. The molecule has 112 valence electrons. The van der Waals surface area contributed by atoms with Crippen molar-refractivity contribution >= 4 is 16.9 Å². The number of aromatic nitrogens is 1. The maximum Gasteiger partial charge on any atom is 0.274 e. The summed E-state index contributed by atoms with van der Waals surface area (Å²) in [4.78, 5) is 4.44. The van der Waals surface area contributed by atoms with Crippen LogP contribution in [0, 0.1) is 17.1 Å². The van der Waals surface area contributed by atoms with E-state index >= 15 is 0 Å². The lowest BCUT2D eigenvalue weighted by atomic mass is 10.1. The van der Waals surface area contributed by atoms with Gasteiger partial charge in [-0.05, 0) is 30.7 Å². The summed E-state index contributed by atoms with van der Waals surface area (Å²) in [6.45, 7) is 1.92. The van der Waals surface area contributed by atoms with Gasteiger partial charge in [0.1, 0.15) is 12.4 Å². The maximum atomic E-state index is 13.8. The van der Waals surface area contributed by atoms with Gasteiger partial charge in [0.05, 0.1) is 17.3 Å². The van der Waals surface area contributed by atoms with Gasteiger partial charge in [0.15, 0.2) is 0 Å². The predicted molar refractivity (Wildman–Crippen MR) is 83.0 cm³/mol. The van der Waals surface area contributed by atoms with Crippen LogP contribution in [0.5, 0.6) is 5.19 Å². The number of thiazole rings is 1. The molecule has 0 bridgehead atoms. The van der Waals surface area contributed by atoms with Crippen LogP contribution in [0.4, 0.5) is 4.39 Å². The first-order valence-electron chi connectivity index (χ1n) is 6.93. The molecule has 6 heteroatoms. The van der Waals surface area contributed by atoms with Crippen molar-refractivity contribution in [1.29, 1.82) is 5.26 Å². The van der Waals surface area contributed by atoms with Crippen LogP contribution >= 0.6 is 11.3 Å². The largest absolute Gasteiger partial charge is 0.465 e. The van der Waals surface area contributed by atoms with Gasteiger partial charge in [-0.3, -0.25) is 0 Å². The number of benzene rings is 1. The Morgan fingerprint density at radius 3 is 3.09 bits per heavy atom. The lowest BCUT2D eigenvalue weighted by Crippen LogP contribution is -2.20. The quantitative estimate of drug-likeness (QED) is 0.942. The SMILES string of the molecule is N#Cc1ccc(COc2nc(C3=CCNCC3)cs2)c(F)c1. The molecule has 2 aromatic rings. The standard InChI is InChI=1S/C16H14FN3OS/c17-14-7-11(8-18)1-2-13(14)9-21-16-20-15(10-22-16)12-3-5-19-6-4-12/h1-3,7,10,19H,4-6,9H2. The second kappa shape index (κ2) is 6.69. The van der Waals surface area contributed by atoms with Crippen molar-refractivity contribution in [3.8, 4) is 11.3 Å². The fourth-order valence-electron chi connectivity index (χ4n) is 2.20. The number of ether oxygens (including phenoxy) is 1. The average Bonchev–Trinajstić information content (AvgIpc) is 3.03. The molecule has 0 saturated heterocycles. The van der Waals surface area contributed by atoms with Gasteiger partial charge in [0.2, 0.25) is 0 Å². The van der Waals surface area contributed by atoms with Gasteiger partial charge in [-0.2, -0.15) is 5.26 Å². The zero-order valence-electron chi connectivity index (χ0n) is 11.8. The van der Waals surface area contributed by atoms with Crippen molar-refractivity contribution in [3.05, 3.63) is 52.3 Å². The van der Waals surface area contributed by atoms with E-state index in [1.807, 2.05) is 11.4 Å². The van der Waals surface area contributed by atoms with E-state index in [0.717, 1.165) is 25.2 Å². The summed E-state index contributed by atoms with van der Waals surface area (Å²) in [6.07, 6.45) is 3.08. The van der Waals surface area contributed by atoms with Crippen molar-refractivity contribution in [2.24, 2.45) is 0 Å². The van der Waals surface area contributed by atoms with Crippen molar-refractivity contribution in [2.45, 2.75) is 13.0 Å². The van der Waals surface area contributed by atoms with Crippen LogP contribution in [0.15, 0.2) is 29.7 Å². The Morgan fingerprint density at radius 2 is 2.36 bits per heavy atom. The third kappa shape index (κ3) is 3.32. The number of rotatable bonds is 4. The van der Waals surface area contributed by atoms with Crippen LogP contribution in [0.25, 0.3) is 5.57 Å². The normalized spacial score (nSPS) is 14.3. The fraction of sp³-hybridized carbons (Fsp3) is 0.250. The van der Waals surface area contributed by atoms with Gasteiger partial charge >= 0.3 is 0 Å². The highest BCUT2D eigenvalue weighted by Crippen LogP contribution is 2.26. The molecule has 1 aromatic heterocycles. The molecule has 0 aliphatic carbocycles. The third-order valence-electron chi connectivity index (χ3n) is 3.41. The Morgan fingerprint density at radius 1 is 1.45 bits per heavy atom. The number of nitrogens with zero attached hydrogens (tertiary/aromatic N) is 2. The maximum absolute atomic E-state index is 13.8. The molecule has 1 aliphatic rings. The lowest BCUT2D eigenvalue weighted by Gasteiger charge is -2.11. The molecule has 0 spiro atoms. The van der Waals surface area contributed by atoms with E-state index in [0.29, 0.717) is 16.3 Å². The second-order valence-corrected chi connectivity index (χ2v) is 5.71. The molecule has 1 N–H and O–H groups in total. The molecule has 0 fully saturated rings. The van der Waals surface area contributed by atoms with Crippen LogP contribution in [0.1, 0.15) is 23.2 Å². The van der Waals surface area contributed by atoms with E-state index in [-0.39, 0.29) is 6.61 Å². The van der Waals surface area contributed by atoms with E-state index < -0.39 is 5.82 Å². The zero-order valence-corrected chi connectivity index (χ0v) is 12.6. The molecule has 1 aliphatic heterocycles. The molecule has 0 atom stereocenters. The summed E-state index contributed by atoms with van der Waals surface area (Å²) in [6, 6.07) is 6.27. The number of hydrogen-bond donors (Lipinski definition) is 1. The van der Waals surface area contributed by atoms with E-state index in [4.69, 9.17) is 10.00 Å². The molecule has 0 radical (unpaired) electrons. The molecule has 4 nitrogen and oxygen atoms in total. The van der Waals surface area contributed by atoms with E-state index in [2.05, 4.69) is 16.4 Å². The van der Waals surface area contributed by atoms with Gasteiger partial charge in [-0.1, -0.05) is 23.5 Å². The molecule has 0 saturated carbocycles. The summed E-state index contributed by atoms with van der Waals surface area (Å²) < 4.78 is 19.3. The Balaban J connectivity index is 1.66. The van der Waals surface area contributed by atoms with Crippen LogP contribution in [-0.4, -0.2) is 18.1 Å². The van der Waals surface area contributed by atoms with Crippen molar-refractivity contribution in [2.75, 3.05) is 13.1 Å². The highest BCUT2D eigenvalue weighted by atomic mass is 32.1. The van der Waals surface area contributed by atoms with E-state index in [1.54, 1.807) is 12.1 Å². The second-order valence-electron chi connectivity index (χ2n) is 4.89. The van der Waals surface area contributed by atoms with Crippen LogP contribution in [0.3, 0.4) is 0 Å². The molecule has 2 heterocycles. The number of nitrogens with one attached hydrogen (secondary N) is 1. The first-order valence-corrected chi connectivity index (χ1v) is 7.81. The first kappa shape index (κ1) is 14.7. The molecular weight excluding hydrogens is 301 g/mol. The van der Waals surface area contributed by atoms with E-state index in [9.17, 15) is 4.39 Å². The van der Waals surface area contributed by atoms with Crippen molar-refractivity contribution in [1.82, 2.24) is 10.3 Å². The molecule has 1 aromatic carbocycles. The Labute approximate surface area is 131 Å². The van der Waals surface area contributed by atoms with E-state index in [1.165, 1.54) is 23.0 Å². The predicted octanol–water partition coefficient (Wildman–Crippen LogP) is 3.11. The minimum absolute atomic E-state index is 0.102. The van der Waals surface area contributed by atoms with Gasteiger partial charge in [-0.25, -0.2) is 9.37 Å².